The minimum absolute atomic E-state index is 0.576. The molecule has 2 N–H and O–H groups in total. The van der Waals surface area contributed by atoms with E-state index < -0.39 is 0 Å². The molecule has 5 nitrogen and oxygen atoms in total. The molecule has 1 aromatic heterocycles. The first-order chi connectivity index (χ1) is 11.7. The second kappa shape index (κ2) is 10.3. The molecule has 24 heavy (non-hydrogen) atoms. The zero-order valence-electron chi connectivity index (χ0n) is 14.0. The van der Waals surface area contributed by atoms with E-state index in [4.69, 9.17) is 4.74 Å². The summed E-state index contributed by atoms with van der Waals surface area (Å²) >= 11 is 5.16. The lowest BCUT2D eigenvalue weighted by atomic mass is 10.3. The molecule has 0 aliphatic rings. The first-order valence-corrected chi connectivity index (χ1v) is 9.60. The zero-order valence-corrected chi connectivity index (χ0v) is 16.4. The lowest BCUT2D eigenvalue weighted by Crippen LogP contribution is -2.39. The summed E-state index contributed by atoms with van der Waals surface area (Å²) < 4.78 is 6.72. The van der Waals surface area contributed by atoms with Crippen molar-refractivity contribution in [3.63, 3.8) is 0 Å². The maximum absolute atomic E-state index is 5.71. The van der Waals surface area contributed by atoms with Crippen LogP contribution in [0.4, 0.5) is 0 Å². The molecule has 2 aromatic rings. The Hall–Kier alpha value is -1.60. The highest BCUT2D eigenvalue weighted by molar-refractivity contribution is 9.10. The molecule has 0 amide bonds. The summed E-state index contributed by atoms with van der Waals surface area (Å²) in [6, 6.07) is 7.83. The Bertz CT molecular complexity index is 660. The maximum Gasteiger partial charge on any atom is 0.191 e. The van der Waals surface area contributed by atoms with Crippen molar-refractivity contribution < 1.29 is 4.74 Å². The Kier molecular flexibility index (Phi) is 8.04. The summed E-state index contributed by atoms with van der Waals surface area (Å²) in [4.78, 5) is 10.2. The lowest BCUT2D eigenvalue weighted by molar-refractivity contribution is 0.321. The van der Waals surface area contributed by atoms with Crippen molar-refractivity contribution in [2.24, 2.45) is 4.99 Å². The van der Waals surface area contributed by atoms with Gasteiger partial charge in [-0.05, 0) is 32.0 Å². The second-order valence-electron chi connectivity index (χ2n) is 5.11. The molecule has 0 aliphatic carbocycles. The molecule has 0 unspecified atom stereocenters. The van der Waals surface area contributed by atoms with Crippen molar-refractivity contribution in [1.82, 2.24) is 15.6 Å². The van der Waals surface area contributed by atoms with Gasteiger partial charge in [0.1, 0.15) is 12.4 Å². The molecule has 0 spiro atoms. The number of aryl methyl sites for hydroxylation is 1. The summed E-state index contributed by atoms with van der Waals surface area (Å²) in [5.74, 6) is 1.66. The largest absolute Gasteiger partial charge is 0.492 e. The molecule has 1 aromatic carbocycles. The summed E-state index contributed by atoms with van der Waals surface area (Å²) in [6.07, 6.45) is 2.77. The SMILES string of the molecule is CCNC(=NCCc1ncc(C)s1)NCCOc1cccc(Br)c1. The van der Waals surface area contributed by atoms with Gasteiger partial charge in [-0.1, -0.05) is 22.0 Å². The summed E-state index contributed by atoms with van der Waals surface area (Å²) in [5, 5.41) is 7.65. The minimum atomic E-state index is 0.576. The van der Waals surface area contributed by atoms with Crippen LogP contribution in [0.1, 0.15) is 16.8 Å². The summed E-state index contributed by atoms with van der Waals surface area (Å²) in [7, 11) is 0. The van der Waals surface area contributed by atoms with Crippen LogP contribution in [0, 0.1) is 6.92 Å². The predicted octanol–water partition coefficient (Wildman–Crippen LogP) is 3.39. The van der Waals surface area contributed by atoms with Gasteiger partial charge in [0.15, 0.2) is 5.96 Å². The first kappa shape index (κ1) is 18.7. The smallest absolute Gasteiger partial charge is 0.191 e. The number of nitrogens with zero attached hydrogens (tertiary/aromatic N) is 2. The monoisotopic (exact) mass is 410 g/mol. The van der Waals surface area contributed by atoms with Gasteiger partial charge < -0.3 is 15.4 Å². The van der Waals surface area contributed by atoms with Crippen molar-refractivity contribution in [2.75, 3.05) is 26.2 Å². The number of hydrogen-bond acceptors (Lipinski definition) is 4. The Labute approximate surface area is 155 Å². The molecular weight excluding hydrogens is 388 g/mol. The molecule has 0 aliphatic heterocycles. The Morgan fingerprint density at radius 2 is 2.25 bits per heavy atom. The zero-order chi connectivity index (χ0) is 17.2. The highest BCUT2D eigenvalue weighted by Gasteiger charge is 2.00. The molecule has 1 heterocycles. The van der Waals surface area contributed by atoms with E-state index in [1.165, 1.54) is 4.88 Å². The van der Waals surface area contributed by atoms with Gasteiger partial charge in [-0.15, -0.1) is 11.3 Å². The highest BCUT2D eigenvalue weighted by atomic mass is 79.9. The van der Waals surface area contributed by atoms with Crippen molar-refractivity contribution in [2.45, 2.75) is 20.3 Å². The standard InChI is InChI=1S/C17H23BrN4OS/c1-3-19-17(20-8-7-16-22-12-13(2)24-16)21-9-10-23-15-6-4-5-14(18)11-15/h4-6,11-12H,3,7-10H2,1-2H3,(H2,19,20,21). The van der Waals surface area contributed by atoms with E-state index in [0.717, 1.165) is 40.7 Å². The molecule has 0 atom stereocenters. The van der Waals surface area contributed by atoms with Crippen LogP contribution in [0.3, 0.4) is 0 Å². The number of aliphatic imine (C=N–C) groups is 1. The third-order valence-corrected chi connectivity index (χ3v) is 4.53. The van der Waals surface area contributed by atoms with Crippen molar-refractivity contribution in [3.8, 4) is 5.75 Å². The number of hydrogen-bond donors (Lipinski definition) is 2. The van der Waals surface area contributed by atoms with Gasteiger partial charge in [-0.2, -0.15) is 0 Å². The van der Waals surface area contributed by atoms with Crippen molar-refractivity contribution >= 4 is 33.2 Å². The molecule has 0 saturated carbocycles. The number of guanidine groups is 1. The van der Waals surface area contributed by atoms with E-state index in [1.54, 1.807) is 11.3 Å². The molecule has 0 fully saturated rings. The molecule has 2 rings (SSSR count). The number of benzene rings is 1. The summed E-state index contributed by atoms with van der Waals surface area (Å²) in [6.45, 7) is 6.94. The third kappa shape index (κ3) is 6.88. The number of rotatable bonds is 8. The van der Waals surface area contributed by atoms with Gasteiger partial charge in [0, 0.05) is 35.1 Å². The van der Waals surface area contributed by atoms with Crippen LogP contribution < -0.4 is 15.4 Å². The Morgan fingerprint density at radius 1 is 1.38 bits per heavy atom. The van der Waals surface area contributed by atoms with E-state index in [1.807, 2.05) is 30.5 Å². The summed E-state index contributed by atoms with van der Waals surface area (Å²) in [5.41, 5.74) is 0. The molecule has 0 saturated heterocycles. The fourth-order valence-electron chi connectivity index (χ4n) is 2.02. The maximum atomic E-state index is 5.71. The number of nitrogens with one attached hydrogen (secondary N) is 2. The van der Waals surface area contributed by atoms with Gasteiger partial charge in [-0.25, -0.2) is 4.98 Å². The first-order valence-electron chi connectivity index (χ1n) is 7.99. The quantitative estimate of drug-likeness (QED) is 0.397. The van der Waals surface area contributed by atoms with Crippen LogP contribution in [0.15, 0.2) is 39.9 Å². The van der Waals surface area contributed by atoms with Gasteiger partial charge in [0.05, 0.1) is 11.6 Å². The van der Waals surface area contributed by atoms with Gasteiger partial charge in [-0.3, -0.25) is 4.99 Å². The molecule has 7 heteroatoms. The molecular formula is C17H23BrN4OS. The average Bonchev–Trinajstić information content (AvgIpc) is 2.97. The predicted molar refractivity (Wildman–Crippen MR) is 104 cm³/mol. The van der Waals surface area contributed by atoms with Gasteiger partial charge in [0.25, 0.3) is 0 Å². The van der Waals surface area contributed by atoms with Crippen LogP contribution in [-0.2, 0) is 6.42 Å². The van der Waals surface area contributed by atoms with Crippen LogP contribution >= 0.6 is 27.3 Å². The van der Waals surface area contributed by atoms with E-state index in [0.29, 0.717) is 13.2 Å². The van der Waals surface area contributed by atoms with Crippen LogP contribution in [0.2, 0.25) is 0 Å². The second-order valence-corrected chi connectivity index (χ2v) is 7.34. The number of thiazole rings is 1. The normalized spacial score (nSPS) is 11.4. The van der Waals surface area contributed by atoms with E-state index in [9.17, 15) is 0 Å². The lowest BCUT2D eigenvalue weighted by Gasteiger charge is -2.12. The Balaban J connectivity index is 1.72. The third-order valence-electron chi connectivity index (χ3n) is 3.07. The van der Waals surface area contributed by atoms with Crippen LogP contribution in [0.5, 0.6) is 5.75 Å². The van der Waals surface area contributed by atoms with E-state index >= 15 is 0 Å². The fourth-order valence-corrected chi connectivity index (χ4v) is 3.17. The average molecular weight is 411 g/mol. The fraction of sp³-hybridized carbons (Fsp3) is 0.412. The molecule has 0 bridgehead atoms. The van der Waals surface area contributed by atoms with E-state index in [-0.39, 0.29) is 0 Å². The topological polar surface area (TPSA) is 58.5 Å². The van der Waals surface area contributed by atoms with Crippen molar-refractivity contribution in [3.05, 3.63) is 44.8 Å². The minimum Gasteiger partial charge on any atom is -0.492 e. The van der Waals surface area contributed by atoms with Crippen LogP contribution in [-0.4, -0.2) is 37.2 Å². The van der Waals surface area contributed by atoms with Gasteiger partial charge in [0.2, 0.25) is 0 Å². The Morgan fingerprint density at radius 3 is 2.96 bits per heavy atom. The number of halogens is 1. The molecule has 0 radical (unpaired) electrons. The number of ether oxygens (including phenoxy) is 1. The van der Waals surface area contributed by atoms with Gasteiger partial charge >= 0.3 is 0 Å². The van der Waals surface area contributed by atoms with Crippen LogP contribution in [0.25, 0.3) is 0 Å². The number of aromatic nitrogens is 1. The van der Waals surface area contributed by atoms with Crippen molar-refractivity contribution in [1.29, 1.82) is 0 Å². The highest BCUT2D eigenvalue weighted by Crippen LogP contribution is 2.17. The van der Waals surface area contributed by atoms with E-state index in [2.05, 4.69) is 50.4 Å². The molecule has 130 valence electrons.